The van der Waals surface area contributed by atoms with E-state index < -0.39 is 17.4 Å². The van der Waals surface area contributed by atoms with Crippen LogP contribution in [-0.4, -0.2) is 53.2 Å². The van der Waals surface area contributed by atoms with E-state index in [1.165, 1.54) is 0 Å². The van der Waals surface area contributed by atoms with Crippen molar-refractivity contribution in [3.8, 4) is 0 Å². The Morgan fingerprint density at radius 2 is 1.67 bits per heavy atom. The Labute approximate surface area is 211 Å². The molecule has 2 aromatic rings. The summed E-state index contributed by atoms with van der Waals surface area (Å²) in [4.78, 5) is 33.3. The van der Waals surface area contributed by atoms with Gasteiger partial charge in [0.1, 0.15) is 11.5 Å². The summed E-state index contributed by atoms with van der Waals surface area (Å²) in [6, 6.07) is 11.7. The second kappa shape index (κ2) is 8.47. The number of aliphatic hydroxyl groups is 1. The zero-order valence-electron chi connectivity index (χ0n) is 20.8. The lowest BCUT2D eigenvalue weighted by molar-refractivity contribution is -0.134. The van der Waals surface area contributed by atoms with Gasteiger partial charge in [0.15, 0.2) is 0 Å². The van der Waals surface area contributed by atoms with Crippen molar-refractivity contribution in [2.24, 2.45) is 29.2 Å². The summed E-state index contributed by atoms with van der Waals surface area (Å²) in [6.07, 6.45) is 4.84. The Hall–Kier alpha value is -3.13. The topological polar surface area (TPSA) is 126 Å². The number of amides is 2. The van der Waals surface area contributed by atoms with Crippen molar-refractivity contribution < 1.29 is 14.7 Å². The highest BCUT2D eigenvalue weighted by atomic mass is 16.3. The highest BCUT2D eigenvalue weighted by Gasteiger charge is 2.55. The fraction of sp³-hybridized carbons (Fsp3) is 0.536. The number of piperazine rings is 1. The Morgan fingerprint density at radius 3 is 2.25 bits per heavy atom. The van der Waals surface area contributed by atoms with Crippen LogP contribution < -0.4 is 21.3 Å². The number of rotatable bonds is 5. The summed E-state index contributed by atoms with van der Waals surface area (Å²) >= 11 is 0. The van der Waals surface area contributed by atoms with E-state index in [0.29, 0.717) is 29.0 Å². The monoisotopic (exact) mass is 489 g/mol. The van der Waals surface area contributed by atoms with Crippen molar-refractivity contribution >= 4 is 23.3 Å². The average molecular weight is 490 g/mol. The van der Waals surface area contributed by atoms with Gasteiger partial charge in [0, 0.05) is 36.9 Å². The Morgan fingerprint density at radius 1 is 0.972 bits per heavy atom. The molecule has 0 spiro atoms. The number of aromatic nitrogens is 1. The number of nitrogens with zero attached hydrogens (tertiary/aromatic N) is 3. The molecular weight excluding hydrogens is 454 g/mol. The minimum atomic E-state index is -0.511. The van der Waals surface area contributed by atoms with Crippen molar-refractivity contribution in [2.75, 3.05) is 29.4 Å². The molecule has 3 atom stereocenters. The first kappa shape index (κ1) is 23.3. The van der Waals surface area contributed by atoms with Gasteiger partial charge in [-0.2, -0.15) is 0 Å². The second-order valence-corrected chi connectivity index (χ2v) is 11.6. The van der Waals surface area contributed by atoms with Crippen molar-refractivity contribution in [1.29, 1.82) is 0 Å². The number of anilines is 2. The minimum Gasteiger partial charge on any atom is -0.390 e. The van der Waals surface area contributed by atoms with Gasteiger partial charge in [-0.05, 0) is 98.6 Å². The molecule has 5 fully saturated rings. The maximum Gasteiger partial charge on any atom is 0.267 e. The van der Waals surface area contributed by atoms with Crippen LogP contribution in [0.2, 0.25) is 0 Å². The van der Waals surface area contributed by atoms with Crippen molar-refractivity contribution in [3.63, 3.8) is 0 Å². The lowest BCUT2D eigenvalue weighted by Crippen LogP contribution is -2.54. The number of hydrogen-bond donors (Lipinski definition) is 3. The predicted octanol–water partition coefficient (Wildman–Crippen LogP) is 2.65. The van der Waals surface area contributed by atoms with Gasteiger partial charge in [0.2, 0.25) is 5.91 Å². The lowest BCUT2D eigenvalue weighted by atomic mass is 9.49. The van der Waals surface area contributed by atoms with Crippen molar-refractivity contribution in [2.45, 2.75) is 56.6 Å². The molecule has 1 aromatic heterocycles. The molecule has 4 bridgehead atoms. The normalized spacial score (nSPS) is 33.1. The van der Waals surface area contributed by atoms with Gasteiger partial charge in [-0.1, -0.05) is 6.07 Å². The van der Waals surface area contributed by atoms with Gasteiger partial charge in [0.05, 0.1) is 5.60 Å². The van der Waals surface area contributed by atoms with Crippen LogP contribution in [0, 0.1) is 17.8 Å². The van der Waals surface area contributed by atoms with E-state index in [4.69, 9.17) is 16.5 Å². The zero-order chi connectivity index (χ0) is 25.2. The molecule has 2 unspecified atom stereocenters. The van der Waals surface area contributed by atoms with E-state index in [1.807, 2.05) is 12.1 Å². The van der Waals surface area contributed by atoms with Gasteiger partial charge >= 0.3 is 0 Å². The zero-order valence-corrected chi connectivity index (χ0v) is 20.8. The van der Waals surface area contributed by atoms with E-state index in [0.717, 1.165) is 68.8 Å². The van der Waals surface area contributed by atoms with Crippen molar-refractivity contribution in [3.05, 3.63) is 53.2 Å². The van der Waals surface area contributed by atoms with Crippen LogP contribution in [0.5, 0.6) is 0 Å². The molecule has 4 saturated carbocycles. The van der Waals surface area contributed by atoms with Gasteiger partial charge in [-0.15, -0.1) is 0 Å². The molecule has 5 N–H and O–H groups in total. The predicted molar refractivity (Wildman–Crippen MR) is 138 cm³/mol. The van der Waals surface area contributed by atoms with Gasteiger partial charge in [-0.25, -0.2) is 4.98 Å². The molecule has 5 aliphatic rings. The third-order valence-electron chi connectivity index (χ3n) is 9.18. The highest BCUT2D eigenvalue weighted by molar-refractivity contribution is 5.93. The Balaban J connectivity index is 1.22. The van der Waals surface area contributed by atoms with Crippen LogP contribution in [0.3, 0.4) is 0 Å². The number of primary amides is 2. The number of benzene rings is 1. The molecule has 1 saturated heterocycles. The number of carbonyl (C=O) groups is 2. The first-order chi connectivity index (χ1) is 17.2. The van der Waals surface area contributed by atoms with Gasteiger partial charge in [-0.3, -0.25) is 9.59 Å². The molecule has 1 aliphatic heterocycles. The van der Waals surface area contributed by atoms with E-state index in [-0.39, 0.29) is 12.0 Å². The Kier molecular flexibility index (Phi) is 5.48. The number of pyridine rings is 1. The summed E-state index contributed by atoms with van der Waals surface area (Å²) in [5, 5.41) is 11.0. The van der Waals surface area contributed by atoms with Crippen molar-refractivity contribution in [1.82, 2.24) is 4.98 Å². The Bertz CT molecular complexity index is 1180. The third-order valence-corrected chi connectivity index (χ3v) is 9.18. The van der Waals surface area contributed by atoms with Gasteiger partial charge in [0.25, 0.3) is 5.91 Å². The minimum absolute atomic E-state index is 0.170. The molecule has 0 radical (unpaired) electrons. The van der Waals surface area contributed by atoms with E-state index in [9.17, 15) is 14.7 Å². The fourth-order valence-corrected chi connectivity index (χ4v) is 7.94. The standard InChI is InChI=1S/C28H35N5O3/c1-16-15-32(21-4-2-18(3-5-21)26(29)34)8-9-33(16)23-7-6-22(25(31-23)27(30)35)24-19-10-17-11-20(24)14-28(36,12-17)13-19/h2-7,16-17,19-20,24,36H,8-15H2,1H3,(H2,29,34)(H2,30,35)/t16-,17?,19?,20?,24?,28?/m1/s1. The van der Waals surface area contributed by atoms with E-state index in [1.54, 1.807) is 12.1 Å². The van der Waals surface area contributed by atoms with E-state index >= 15 is 0 Å². The summed E-state index contributed by atoms with van der Waals surface area (Å²) in [6.45, 7) is 4.50. The SMILES string of the molecule is C[C@@H]1CN(c2ccc(C(N)=O)cc2)CCN1c1ccc(C2C3CC4CC2CC(O)(C4)C3)c(C(N)=O)n1. The summed E-state index contributed by atoms with van der Waals surface area (Å²) in [5.41, 5.74) is 13.7. The van der Waals surface area contributed by atoms with Crippen LogP contribution in [0.15, 0.2) is 36.4 Å². The largest absolute Gasteiger partial charge is 0.390 e. The maximum absolute atomic E-state index is 12.6. The molecular formula is C28H35N5O3. The van der Waals surface area contributed by atoms with Crippen LogP contribution >= 0.6 is 0 Å². The molecule has 190 valence electrons. The molecule has 8 nitrogen and oxygen atoms in total. The van der Waals surface area contributed by atoms with Gasteiger partial charge < -0.3 is 26.4 Å². The molecule has 36 heavy (non-hydrogen) atoms. The molecule has 2 heterocycles. The van der Waals surface area contributed by atoms with Crippen LogP contribution in [-0.2, 0) is 0 Å². The average Bonchev–Trinajstić information content (AvgIpc) is 2.83. The fourth-order valence-electron chi connectivity index (χ4n) is 7.94. The smallest absolute Gasteiger partial charge is 0.267 e. The maximum atomic E-state index is 12.6. The van der Waals surface area contributed by atoms with Crippen LogP contribution in [0.4, 0.5) is 11.5 Å². The quantitative estimate of drug-likeness (QED) is 0.593. The molecule has 4 aliphatic carbocycles. The summed E-state index contributed by atoms with van der Waals surface area (Å²) < 4.78 is 0. The number of nitrogens with two attached hydrogens (primary N) is 2. The third kappa shape index (κ3) is 3.92. The molecule has 2 amide bonds. The van der Waals surface area contributed by atoms with Crippen LogP contribution in [0.25, 0.3) is 0 Å². The molecule has 7 rings (SSSR count). The summed E-state index contributed by atoms with van der Waals surface area (Å²) in [5.74, 6) is 1.54. The second-order valence-electron chi connectivity index (χ2n) is 11.6. The van der Waals surface area contributed by atoms with Crippen LogP contribution in [0.1, 0.15) is 71.4 Å². The lowest BCUT2D eigenvalue weighted by Gasteiger charge is -2.58. The summed E-state index contributed by atoms with van der Waals surface area (Å²) in [7, 11) is 0. The first-order valence-electron chi connectivity index (χ1n) is 13.2. The first-order valence-corrected chi connectivity index (χ1v) is 13.2. The molecule has 8 heteroatoms. The number of carbonyl (C=O) groups excluding carboxylic acids is 2. The molecule has 1 aromatic carbocycles. The van der Waals surface area contributed by atoms with E-state index in [2.05, 4.69) is 28.9 Å². The number of hydrogen-bond acceptors (Lipinski definition) is 6. The highest BCUT2D eigenvalue weighted by Crippen LogP contribution is 2.61.